The third-order valence-electron chi connectivity index (χ3n) is 5.52. The van der Waals surface area contributed by atoms with Gasteiger partial charge in [0.25, 0.3) is 0 Å². The van der Waals surface area contributed by atoms with Gasteiger partial charge in [-0.2, -0.15) is 10.2 Å². The van der Waals surface area contributed by atoms with E-state index < -0.39 is 0 Å². The van der Waals surface area contributed by atoms with Crippen LogP contribution in [0.1, 0.15) is 56.2 Å². The molecule has 2 aliphatic heterocycles. The molecule has 0 N–H and O–H groups in total. The Labute approximate surface area is 155 Å². The molecule has 0 saturated carbocycles. The summed E-state index contributed by atoms with van der Waals surface area (Å²) in [6, 6.07) is 0.759. The summed E-state index contributed by atoms with van der Waals surface area (Å²) in [4.78, 5) is 7.16. The van der Waals surface area contributed by atoms with Gasteiger partial charge in [-0.05, 0) is 59.7 Å². The van der Waals surface area contributed by atoms with Crippen molar-refractivity contribution in [3.8, 4) is 11.4 Å². The van der Waals surface area contributed by atoms with E-state index >= 15 is 0 Å². The van der Waals surface area contributed by atoms with Gasteiger partial charge in [-0.3, -0.25) is 4.68 Å². The fraction of sp³-hybridized carbons (Fsp3) is 0.737. The Kier molecular flexibility index (Phi) is 5.09. The minimum Gasteiger partial charge on any atom is -0.379 e. The number of hydrogen-bond donors (Lipinski definition) is 0. The summed E-state index contributed by atoms with van der Waals surface area (Å²) in [5.41, 5.74) is 2.48. The van der Waals surface area contributed by atoms with E-state index in [1.807, 2.05) is 6.20 Å². The number of ether oxygens (including phenoxy) is 1. The van der Waals surface area contributed by atoms with Crippen molar-refractivity contribution in [2.45, 2.75) is 57.5 Å². The zero-order chi connectivity index (χ0) is 18.1. The topological polar surface area (TPSA) is 61.0 Å². The highest BCUT2D eigenvalue weighted by atomic mass is 16.5. The minimum atomic E-state index is 0.289. The number of aryl methyl sites for hydroxylation is 1. The van der Waals surface area contributed by atoms with E-state index in [4.69, 9.17) is 14.8 Å². The maximum Gasteiger partial charge on any atom is 0.162 e. The summed E-state index contributed by atoms with van der Waals surface area (Å²) in [5.74, 6) is 1.92. The van der Waals surface area contributed by atoms with Crippen LogP contribution in [0.3, 0.4) is 0 Å². The lowest BCUT2D eigenvalue weighted by Gasteiger charge is -2.21. The van der Waals surface area contributed by atoms with Crippen LogP contribution in [-0.4, -0.2) is 63.3 Å². The summed E-state index contributed by atoms with van der Waals surface area (Å²) in [6.45, 7) is 4.84. The highest BCUT2D eigenvalue weighted by Gasteiger charge is 2.28. The summed E-state index contributed by atoms with van der Waals surface area (Å²) >= 11 is 0. The molecule has 0 aliphatic carbocycles. The van der Waals surface area contributed by atoms with E-state index in [1.165, 1.54) is 18.5 Å². The Balaban J connectivity index is 1.66. The number of nitrogens with zero attached hydrogens (tertiary/aromatic N) is 6. The van der Waals surface area contributed by atoms with Crippen LogP contribution in [0, 0.1) is 0 Å². The highest BCUT2D eigenvalue weighted by Crippen LogP contribution is 2.33. The molecular weight excluding hydrogens is 328 g/mol. The second-order valence-electron chi connectivity index (χ2n) is 7.91. The van der Waals surface area contributed by atoms with Crippen molar-refractivity contribution in [3.63, 3.8) is 0 Å². The molecule has 0 radical (unpaired) electrons. The third-order valence-corrected chi connectivity index (χ3v) is 5.52. The van der Waals surface area contributed by atoms with Crippen molar-refractivity contribution in [1.29, 1.82) is 0 Å². The standard InChI is InChI=1S/C19H30N6O/c1-14-6-4-7-17-16(12-20-24(14)17)19-21-18(8-5-10-23(2)3)22-25(19)15-9-11-26-13-15/h12,14-15H,4-11,13H2,1-3H3. The first kappa shape index (κ1) is 17.7. The molecule has 4 heterocycles. The van der Waals surface area contributed by atoms with Crippen LogP contribution < -0.4 is 0 Å². The molecule has 26 heavy (non-hydrogen) atoms. The molecule has 2 atom stereocenters. The molecule has 142 valence electrons. The lowest BCUT2D eigenvalue weighted by atomic mass is 10.0. The van der Waals surface area contributed by atoms with Crippen LogP contribution in [0.25, 0.3) is 11.4 Å². The van der Waals surface area contributed by atoms with Crippen molar-refractivity contribution in [3.05, 3.63) is 17.7 Å². The minimum absolute atomic E-state index is 0.289. The molecule has 1 fully saturated rings. The molecule has 0 amide bonds. The molecule has 0 aromatic carbocycles. The molecule has 2 aromatic rings. The molecule has 2 aromatic heterocycles. The molecule has 2 aliphatic rings. The molecule has 7 nitrogen and oxygen atoms in total. The molecular formula is C19H30N6O. The average Bonchev–Trinajstić information content (AvgIpc) is 3.33. The largest absolute Gasteiger partial charge is 0.379 e. The Morgan fingerprint density at radius 1 is 1.27 bits per heavy atom. The summed E-state index contributed by atoms with van der Waals surface area (Å²) in [5, 5.41) is 9.56. The van der Waals surface area contributed by atoms with Crippen LogP contribution >= 0.6 is 0 Å². The first-order valence-corrected chi connectivity index (χ1v) is 9.88. The van der Waals surface area contributed by atoms with E-state index in [2.05, 4.69) is 40.4 Å². The Morgan fingerprint density at radius 3 is 2.92 bits per heavy atom. The SMILES string of the molecule is CC1CCCc2c(-c3nc(CCCN(C)C)nn3C3CCOC3)cnn21. The molecule has 2 unspecified atom stereocenters. The summed E-state index contributed by atoms with van der Waals surface area (Å²) in [7, 11) is 4.21. The lowest BCUT2D eigenvalue weighted by molar-refractivity contribution is 0.184. The zero-order valence-corrected chi connectivity index (χ0v) is 16.2. The second kappa shape index (κ2) is 7.48. The third kappa shape index (κ3) is 3.42. The first-order valence-electron chi connectivity index (χ1n) is 9.88. The van der Waals surface area contributed by atoms with E-state index in [1.54, 1.807) is 0 Å². The molecule has 0 bridgehead atoms. The Morgan fingerprint density at radius 2 is 2.15 bits per heavy atom. The number of fused-ring (bicyclic) bond motifs is 1. The van der Waals surface area contributed by atoms with Crippen molar-refractivity contribution in [2.75, 3.05) is 33.9 Å². The zero-order valence-electron chi connectivity index (χ0n) is 16.2. The predicted octanol–water partition coefficient (Wildman–Crippen LogP) is 2.49. The van der Waals surface area contributed by atoms with Crippen LogP contribution in [0.15, 0.2) is 6.20 Å². The van der Waals surface area contributed by atoms with E-state index in [0.29, 0.717) is 6.04 Å². The fourth-order valence-electron chi connectivity index (χ4n) is 4.07. The van der Waals surface area contributed by atoms with Gasteiger partial charge in [0, 0.05) is 24.8 Å². The van der Waals surface area contributed by atoms with Gasteiger partial charge in [0.2, 0.25) is 0 Å². The number of rotatable bonds is 6. The highest BCUT2D eigenvalue weighted by molar-refractivity contribution is 5.58. The van der Waals surface area contributed by atoms with E-state index in [0.717, 1.165) is 62.7 Å². The van der Waals surface area contributed by atoms with Crippen molar-refractivity contribution < 1.29 is 4.74 Å². The van der Waals surface area contributed by atoms with Gasteiger partial charge in [-0.1, -0.05) is 0 Å². The number of aromatic nitrogens is 5. The van der Waals surface area contributed by atoms with Crippen LogP contribution in [-0.2, 0) is 17.6 Å². The van der Waals surface area contributed by atoms with Gasteiger partial charge < -0.3 is 9.64 Å². The molecule has 7 heteroatoms. The van der Waals surface area contributed by atoms with Gasteiger partial charge in [0.15, 0.2) is 11.6 Å². The van der Waals surface area contributed by atoms with Crippen LogP contribution in [0.2, 0.25) is 0 Å². The normalized spacial score (nSPS) is 22.9. The Bertz CT molecular complexity index is 743. The monoisotopic (exact) mass is 358 g/mol. The number of hydrogen-bond acceptors (Lipinski definition) is 5. The van der Waals surface area contributed by atoms with Gasteiger partial charge in [0.05, 0.1) is 24.4 Å². The predicted molar refractivity (Wildman–Crippen MR) is 100 cm³/mol. The van der Waals surface area contributed by atoms with E-state index in [9.17, 15) is 0 Å². The van der Waals surface area contributed by atoms with Crippen molar-refractivity contribution in [2.24, 2.45) is 0 Å². The van der Waals surface area contributed by atoms with Gasteiger partial charge in [-0.25, -0.2) is 9.67 Å². The fourth-order valence-corrected chi connectivity index (χ4v) is 4.07. The maximum absolute atomic E-state index is 5.62. The van der Waals surface area contributed by atoms with Gasteiger partial charge in [0.1, 0.15) is 0 Å². The maximum atomic E-state index is 5.62. The Hall–Kier alpha value is -1.73. The van der Waals surface area contributed by atoms with Crippen LogP contribution in [0.5, 0.6) is 0 Å². The van der Waals surface area contributed by atoms with Gasteiger partial charge in [-0.15, -0.1) is 0 Å². The quantitative estimate of drug-likeness (QED) is 0.794. The van der Waals surface area contributed by atoms with Crippen LogP contribution in [0.4, 0.5) is 0 Å². The second-order valence-corrected chi connectivity index (χ2v) is 7.91. The lowest BCUT2D eigenvalue weighted by Crippen LogP contribution is -2.17. The summed E-state index contributed by atoms with van der Waals surface area (Å²) in [6.07, 6.45) is 8.48. The molecule has 4 rings (SSSR count). The first-order chi connectivity index (χ1) is 12.6. The van der Waals surface area contributed by atoms with Crippen molar-refractivity contribution in [1.82, 2.24) is 29.4 Å². The molecule has 1 saturated heterocycles. The van der Waals surface area contributed by atoms with Crippen molar-refractivity contribution >= 4 is 0 Å². The smallest absolute Gasteiger partial charge is 0.162 e. The molecule has 0 spiro atoms. The average molecular weight is 358 g/mol. The van der Waals surface area contributed by atoms with E-state index in [-0.39, 0.29) is 6.04 Å². The van der Waals surface area contributed by atoms with Gasteiger partial charge >= 0.3 is 0 Å². The summed E-state index contributed by atoms with van der Waals surface area (Å²) < 4.78 is 9.93.